The monoisotopic (exact) mass is 419 g/mol. The number of methoxy groups -OCH3 is 1. The van der Waals surface area contributed by atoms with E-state index in [0.717, 1.165) is 5.56 Å². The Morgan fingerprint density at radius 1 is 1.14 bits per heavy atom. The van der Waals surface area contributed by atoms with Crippen molar-refractivity contribution in [3.05, 3.63) is 52.5 Å². The third kappa shape index (κ3) is 6.12. The fourth-order valence-corrected chi connectivity index (χ4v) is 2.72. The quantitative estimate of drug-likeness (QED) is 0.617. The van der Waals surface area contributed by atoms with Crippen molar-refractivity contribution in [3.8, 4) is 11.5 Å². The minimum absolute atomic E-state index is 0.166. The van der Waals surface area contributed by atoms with Crippen LogP contribution < -0.4 is 14.8 Å². The van der Waals surface area contributed by atoms with Gasteiger partial charge in [0.15, 0.2) is 17.6 Å². The summed E-state index contributed by atoms with van der Waals surface area (Å²) in [5.74, 6) is -0.129. The number of halogens is 1. The highest BCUT2D eigenvalue weighted by Crippen LogP contribution is 2.37. The van der Waals surface area contributed by atoms with E-state index < -0.39 is 18.0 Å². The van der Waals surface area contributed by atoms with Gasteiger partial charge in [0.2, 0.25) is 0 Å². The number of hydrogen-bond acceptors (Lipinski definition) is 5. The summed E-state index contributed by atoms with van der Waals surface area (Å²) >= 11 is 6.27. The lowest BCUT2D eigenvalue weighted by molar-refractivity contribution is -0.123. The summed E-state index contributed by atoms with van der Waals surface area (Å²) in [5, 5.41) is 2.98. The third-order valence-corrected chi connectivity index (χ3v) is 4.36. The van der Waals surface area contributed by atoms with Crippen LogP contribution in [0.25, 0.3) is 0 Å². The minimum Gasteiger partial charge on any atom is -0.493 e. The highest BCUT2D eigenvalue weighted by molar-refractivity contribution is 6.32. The Morgan fingerprint density at radius 3 is 2.45 bits per heavy atom. The smallest absolute Gasteiger partial charge is 0.339 e. The fourth-order valence-electron chi connectivity index (χ4n) is 2.46. The van der Waals surface area contributed by atoms with Crippen LogP contribution in [0.15, 0.2) is 36.4 Å². The SMILES string of the molecule is COc1cc(C(=O)OC(C)C(=O)Nc2ccccc2C)cc(Cl)c1OCC(C)C. The lowest BCUT2D eigenvalue weighted by Crippen LogP contribution is -2.30. The molecule has 0 aliphatic heterocycles. The largest absolute Gasteiger partial charge is 0.493 e. The maximum Gasteiger partial charge on any atom is 0.339 e. The predicted octanol–water partition coefficient (Wildman–Crippen LogP) is 4.88. The topological polar surface area (TPSA) is 73.9 Å². The molecule has 2 rings (SSSR count). The molecule has 6 nitrogen and oxygen atoms in total. The Kier molecular flexibility index (Phi) is 7.91. The molecule has 1 N–H and O–H groups in total. The van der Waals surface area contributed by atoms with Crippen molar-refractivity contribution in [2.24, 2.45) is 5.92 Å². The normalized spacial score (nSPS) is 11.7. The van der Waals surface area contributed by atoms with Crippen LogP contribution in [0.1, 0.15) is 36.7 Å². The molecule has 0 heterocycles. The van der Waals surface area contributed by atoms with Crippen molar-refractivity contribution < 1.29 is 23.8 Å². The van der Waals surface area contributed by atoms with Crippen molar-refractivity contribution in [3.63, 3.8) is 0 Å². The van der Waals surface area contributed by atoms with Crippen molar-refractivity contribution in [2.45, 2.75) is 33.8 Å². The lowest BCUT2D eigenvalue weighted by Gasteiger charge is -2.17. The molecule has 0 radical (unpaired) electrons. The molecule has 1 atom stereocenters. The second-order valence-electron chi connectivity index (χ2n) is 7.05. The molecular formula is C22H26ClNO5. The highest BCUT2D eigenvalue weighted by atomic mass is 35.5. The number of nitrogens with one attached hydrogen (secondary N) is 1. The van der Waals surface area contributed by atoms with Gasteiger partial charge in [0, 0.05) is 5.69 Å². The number of amides is 1. The van der Waals surface area contributed by atoms with E-state index in [0.29, 0.717) is 29.7 Å². The summed E-state index contributed by atoms with van der Waals surface area (Å²) in [5.41, 5.74) is 1.74. The van der Waals surface area contributed by atoms with Crippen molar-refractivity contribution >= 4 is 29.2 Å². The molecular weight excluding hydrogens is 394 g/mol. The summed E-state index contributed by atoms with van der Waals surface area (Å²) in [7, 11) is 1.46. The third-order valence-electron chi connectivity index (χ3n) is 4.08. The molecule has 0 aliphatic rings. The maximum absolute atomic E-state index is 12.5. The predicted molar refractivity (Wildman–Crippen MR) is 113 cm³/mol. The van der Waals surface area contributed by atoms with Gasteiger partial charge in [-0.1, -0.05) is 43.6 Å². The summed E-state index contributed by atoms with van der Waals surface area (Å²) < 4.78 is 16.3. The molecule has 7 heteroatoms. The standard InChI is InChI=1S/C22H26ClNO5/c1-13(2)12-28-20-17(23)10-16(11-19(20)27-5)22(26)29-15(4)21(25)24-18-9-7-6-8-14(18)3/h6-11,13,15H,12H2,1-5H3,(H,24,25). The molecule has 156 valence electrons. The van der Waals surface area contributed by atoms with Crippen LogP contribution in [0, 0.1) is 12.8 Å². The molecule has 0 aliphatic carbocycles. The molecule has 1 amide bonds. The van der Waals surface area contributed by atoms with Crippen LogP contribution in [0.5, 0.6) is 11.5 Å². The van der Waals surface area contributed by atoms with Gasteiger partial charge in [0.1, 0.15) is 0 Å². The number of ether oxygens (including phenoxy) is 3. The second-order valence-corrected chi connectivity index (χ2v) is 7.45. The van der Waals surface area contributed by atoms with Gasteiger partial charge in [-0.3, -0.25) is 4.79 Å². The van der Waals surface area contributed by atoms with Gasteiger partial charge >= 0.3 is 5.97 Å². The van der Waals surface area contributed by atoms with Crippen molar-refractivity contribution in [1.82, 2.24) is 0 Å². The van der Waals surface area contributed by atoms with E-state index in [4.69, 9.17) is 25.8 Å². The lowest BCUT2D eigenvalue weighted by atomic mass is 10.2. The van der Waals surface area contributed by atoms with Gasteiger partial charge in [-0.05, 0) is 43.5 Å². The average Bonchev–Trinajstić information content (AvgIpc) is 2.67. The Bertz CT molecular complexity index is 882. The van der Waals surface area contributed by atoms with E-state index in [2.05, 4.69) is 5.32 Å². The Balaban J connectivity index is 2.10. The molecule has 2 aromatic rings. The molecule has 29 heavy (non-hydrogen) atoms. The minimum atomic E-state index is -0.997. The number of carbonyl (C=O) groups is 2. The molecule has 0 aromatic heterocycles. The average molecular weight is 420 g/mol. The Morgan fingerprint density at radius 2 is 1.83 bits per heavy atom. The van der Waals surface area contributed by atoms with E-state index in [1.165, 1.54) is 26.2 Å². The number of para-hydroxylation sites is 1. The molecule has 2 aromatic carbocycles. The van der Waals surface area contributed by atoms with E-state index >= 15 is 0 Å². The zero-order valence-corrected chi connectivity index (χ0v) is 18.0. The number of benzene rings is 2. The first-order valence-corrected chi connectivity index (χ1v) is 9.68. The first kappa shape index (κ1) is 22.6. The Hall–Kier alpha value is -2.73. The van der Waals surface area contributed by atoms with Crippen LogP contribution in [-0.2, 0) is 9.53 Å². The van der Waals surface area contributed by atoms with Gasteiger partial charge in [-0.2, -0.15) is 0 Å². The number of rotatable bonds is 8. The first-order chi connectivity index (χ1) is 13.7. The molecule has 0 saturated heterocycles. The van der Waals surface area contributed by atoms with Gasteiger partial charge in [0.05, 0.1) is 24.3 Å². The highest BCUT2D eigenvalue weighted by Gasteiger charge is 2.22. The molecule has 1 unspecified atom stereocenters. The van der Waals surface area contributed by atoms with Crippen molar-refractivity contribution in [2.75, 3.05) is 19.0 Å². The second kappa shape index (κ2) is 10.2. The maximum atomic E-state index is 12.5. The molecule has 0 fully saturated rings. The van der Waals surface area contributed by atoms with Crippen molar-refractivity contribution in [1.29, 1.82) is 0 Å². The summed E-state index contributed by atoms with van der Waals surface area (Å²) in [6.45, 7) is 7.86. The number of aryl methyl sites for hydroxylation is 1. The fraction of sp³-hybridized carbons (Fsp3) is 0.364. The van der Waals surface area contributed by atoms with Gasteiger partial charge in [-0.15, -0.1) is 0 Å². The number of esters is 1. The van der Waals surface area contributed by atoms with Crippen LogP contribution in [-0.4, -0.2) is 31.7 Å². The molecule has 0 spiro atoms. The van der Waals surface area contributed by atoms with E-state index in [-0.39, 0.29) is 10.6 Å². The van der Waals surface area contributed by atoms with Crippen LogP contribution in [0.4, 0.5) is 5.69 Å². The first-order valence-electron chi connectivity index (χ1n) is 9.30. The van der Waals surface area contributed by atoms with Crippen LogP contribution in [0.3, 0.4) is 0 Å². The Labute approximate surface area is 176 Å². The van der Waals surface area contributed by atoms with Gasteiger partial charge < -0.3 is 19.5 Å². The van der Waals surface area contributed by atoms with E-state index in [1.54, 1.807) is 6.07 Å². The number of carbonyl (C=O) groups excluding carboxylic acids is 2. The molecule has 0 saturated carbocycles. The summed E-state index contributed by atoms with van der Waals surface area (Å²) in [4.78, 5) is 24.9. The van der Waals surface area contributed by atoms with E-state index in [1.807, 2.05) is 39.0 Å². The summed E-state index contributed by atoms with van der Waals surface area (Å²) in [6, 6.07) is 10.3. The zero-order valence-electron chi connectivity index (χ0n) is 17.2. The van der Waals surface area contributed by atoms with Crippen LogP contribution in [0.2, 0.25) is 5.02 Å². The number of hydrogen-bond donors (Lipinski definition) is 1. The van der Waals surface area contributed by atoms with Crippen LogP contribution >= 0.6 is 11.6 Å². The number of anilines is 1. The summed E-state index contributed by atoms with van der Waals surface area (Å²) in [6.07, 6.45) is -0.997. The van der Waals surface area contributed by atoms with Gasteiger partial charge in [0.25, 0.3) is 5.91 Å². The van der Waals surface area contributed by atoms with E-state index in [9.17, 15) is 9.59 Å². The zero-order chi connectivity index (χ0) is 21.6. The molecule has 0 bridgehead atoms. The van der Waals surface area contributed by atoms with Gasteiger partial charge in [-0.25, -0.2) is 4.79 Å².